The fourth-order valence-electron chi connectivity index (χ4n) is 1.22. The van der Waals surface area contributed by atoms with Gasteiger partial charge in [0.2, 0.25) is 0 Å². The molecule has 0 radical (unpaired) electrons. The first kappa shape index (κ1) is 9.93. The van der Waals surface area contributed by atoms with Gasteiger partial charge in [0, 0.05) is 12.6 Å². The van der Waals surface area contributed by atoms with Crippen molar-refractivity contribution in [3.63, 3.8) is 0 Å². The van der Waals surface area contributed by atoms with Gasteiger partial charge in [0.15, 0.2) is 0 Å². The quantitative estimate of drug-likeness (QED) is 0.863. The fraction of sp³-hybridized carbons (Fsp3) is 0.0909. The first-order valence-electron chi connectivity index (χ1n) is 4.60. The molecular formula is C11H10ClN3. The minimum Gasteiger partial charge on any atom is -0.364 e. The van der Waals surface area contributed by atoms with Gasteiger partial charge < -0.3 is 5.32 Å². The van der Waals surface area contributed by atoms with Gasteiger partial charge in [-0.2, -0.15) is 5.10 Å². The largest absolute Gasteiger partial charge is 0.364 e. The van der Waals surface area contributed by atoms with Crippen LogP contribution in [0.1, 0.15) is 5.56 Å². The molecule has 2 aromatic rings. The van der Waals surface area contributed by atoms with Crippen LogP contribution in [0.4, 0.5) is 5.82 Å². The summed E-state index contributed by atoms with van der Waals surface area (Å²) in [7, 11) is 0. The number of nitrogens with zero attached hydrogens (tertiary/aromatic N) is 2. The van der Waals surface area contributed by atoms with Gasteiger partial charge >= 0.3 is 0 Å². The lowest BCUT2D eigenvalue weighted by Crippen LogP contribution is -2.01. The van der Waals surface area contributed by atoms with Crippen LogP contribution in [0.2, 0.25) is 5.02 Å². The third kappa shape index (κ3) is 2.92. The summed E-state index contributed by atoms with van der Waals surface area (Å²) in [6.45, 7) is 0.718. The Bertz CT molecular complexity index is 431. The van der Waals surface area contributed by atoms with Crippen molar-refractivity contribution >= 4 is 17.4 Å². The molecular weight excluding hydrogens is 210 g/mol. The molecule has 3 nitrogen and oxygen atoms in total. The molecule has 0 amide bonds. The number of benzene rings is 1. The number of aromatic nitrogens is 2. The van der Waals surface area contributed by atoms with Gasteiger partial charge in [0.05, 0.1) is 11.2 Å². The Labute approximate surface area is 93.1 Å². The SMILES string of the molecule is Clc1cnnc(NCc2ccccc2)c1. The van der Waals surface area contributed by atoms with E-state index in [2.05, 4.69) is 15.5 Å². The highest BCUT2D eigenvalue weighted by atomic mass is 35.5. The summed E-state index contributed by atoms with van der Waals surface area (Å²) in [5.41, 5.74) is 1.19. The van der Waals surface area contributed by atoms with Crippen LogP contribution in [0, 0.1) is 0 Å². The maximum Gasteiger partial charge on any atom is 0.150 e. The Kier molecular flexibility index (Phi) is 3.15. The number of hydrogen-bond acceptors (Lipinski definition) is 3. The molecule has 0 spiro atoms. The molecule has 1 aromatic heterocycles. The lowest BCUT2D eigenvalue weighted by atomic mass is 10.2. The summed E-state index contributed by atoms with van der Waals surface area (Å²) >= 11 is 5.78. The van der Waals surface area contributed by atoms with Crippen LogP contribution in [0.15, 0.2) is 42.6 Å². The van der Waals surface area contributed by atoms with E-state index < -0.39 is 0 Å². The van der Waals surface area contributed by atoms with E-state index >= 15 is 0 Å². The molecule has 76 valence electrons. The first-order valence-corrected chi connectivity index (χ1v) is 4.98. The van der Waals surface area contributed by atoms with E-state index in [0.717, 1.165) is 6.54 Å². The zero-order chi connectivity index (χ0) is 10.5. The minimum absolute atomic E-state index is 0.584. The summed E-state index contributed by atoms with van der Waals surface area (Å²) in [5.74, 6) is 0.686. The van der Waals surface area contributed by atoms with Crippen molar-refractivity contribution < 1.29 is 0 Å². The fourth-order valence-corrected chi connectivity index (χ4v) is 1.36. The number of rotatable bonds is 3. The predicted octanol–water partition coefficient (Wildman–Crippen LogP) is 2.74. The van der Waals surface area contributed by atoms with E-state index in [4.69, 9.17) is 11.6 Å². The Balaban J connectivity index is 1.99. The van der Waals surface area contributed by atoms with Gasteiger partial charge in [-0.05, 0) is 5.56 Å². The van der Waals surface area contributed by atoms with Crippen molar-refractivity contribution in [1.29, 1.82) is 0 Å². The smallest absolute Gasteiger partial charge is 0.150 e. The zero-order valence-corrected chi connectivity index (χ0v) is 8.78. The second-order valence-electron chi connectivity index (χ2n) is 3.10. The molecule has 0 aliphatic rings. The van der Waals surface area contributed by atoms with Crippen molar-refractivity contribution in [1.82, 2.24) is 10.2 Å². The highest BCUT2D eigenvalue weighted by Gasteiger charge is 1.96. The van der Waals surface area contributed by atoms with Crippen LogP contribution in [-0.2, 0) is 6.54 Å². The second kappa shape index (κ2) is 4.75. The third-order valence-electron chi connectivity index (χ3n) is 1.94. The molecule has 4 heteroatoms. The van der Waals surface area contributed by atoms with Crippen LogP contribution < -0.4 is 5.32 Å². The van der Waals surface area contributed by atoms with Crippen molar-refractivity contribution in [2.45, 2.75) is 6.54 Å². The molecule has 0 saturated heterocycles. The van der Waals surface area contributed by atoms with Gasteiger partial charge in [-0.15, -0.1) is 5.10 Å². The molecule has 0 unspecified atom stereocenters. The molecule has 0 bridgehead atoms. The van der Waals surface area contributed by atoms with Gasteiger partial charge in [-0.3, -0.25) is 0 Å². The van der Waals surface area contributed by atoms with E-state index in [1.54, 1.807) is 6.07 Å². The second-order valence-corrected chi connectivity index (χ2v) is 3.53. The molecule has 0 aliphatic carbocycles. The van der Waals surface area contributed by atoms with Crippen molar-refractivity contribution in [3.8, 4) is 0 Å². The zero-order valence-electron chi connectivity index (χ0n) is 8.02. The standard InChI is InChI=1S/C11H10ClN3/c12-10-6-11(15-14-8-10)13-7-9-4-2-1-3-5-9/h1-6,8H,7H2,(H,13,15). The van der Waals surface area contributed by atoms with Crippen molar-refractivity contribution in [2.24, 2.45) is 0 Å². The summed E-state index contributed by atoms with van der Waals surface area (Å²) in [4.78, 5) is 0. The Hall–Kier alpha value is -1.61. The maximum atomic E-state index is 5.78. The van der Waals surface area contributed by atoms with E-state index in [1.807, 2.05) is 30.3 Å². The van der Waals surface area contributed by atoms with Crippen LogP contribution >= 0.6 is 11.6 Å². The lowest BCUT2D eigenvalue weighted by molar-refractivity contribution is 1.00. The summed E-state index contributed by atoms with van der Waals surface area (Å²) in [5, 5.41) is 11.4. The maximum absolute atomic E-state index is 5.78. The van der Waals surface area contributed by atoms with Crippen LogP contribution in [0.5, 0.6) is 0 Å². The predicted molar refractivity (Wildman–Crippen MR) is 60.8 cm³/mol. The van der Waals surface area contributed by atoms with Gasteiger partial charge in [-0.1, -0.05) is 41.9 Å². The Morgan fingerprint density at radius 1 is 1.20 bits per heavy atom. The molecule has 1 aromatic carbocycles. The highest BCUT2D eigenvalue weighted by Crippen LogP contribution is 2.11. The number of halogens is 1. The molecule has 2 rings (SSSR count). The van der Waals surface area contributed by atoms with Gasteiger partial charge in [-0.25, -0.2) is 0 Å². The molecule has 0 aliphatic heterocycles. The minimum atomic E-state index is 0.584. The van der Waals surface area contributed by atoms with Crippen LogP contribution in [0.25, 0.3) is 0 Å². The summed E-state index contributed by atoms with van der Waals surface area (Å²) < 4.78 is 0. The van der Waals surface area contributed by atoms with E-state index in [0.29, 0.717) is 10.8 Å². The molecule has 1 N–H and O–H groups in total. The van der Waals surface area contributed by atoms with Crippen LogP contribution in [0.3, 0.4) is 0 Å². The molecule has 0 atom stereocenters. The summed E-state index contributed by atoms with van der Waals surface area (Å²) in [6.07, 6.45) is 1.51. The average Bonchev–Trinajstić information content (AvgIpc) is 2.28. The number of hydrogen-bond donors (Lipinski definition) is 1. The van der Waals surface area contributed by atoms with E-state index in [-0.39, 0.29) is 0 Å². The van der Waals surface area contributed by atoms with Gasteiger partial charge in [0.1, 0.15) is 5.82 Å². The van der Waals surface area contributed by atoms with Crippen molar-refractivity contribution in [2.75, 3.05) is 5.32 Å². The molecule has 0 saturated carbocycles. The Morgan fingerprint density at radius 3 is 2.73 bits per heavy atom. The Morgan fingerprint density at radius 2 is 2.00 bits per heavy atom. The monoisotopic (exact) mass is 219 g/mol. The van der Waals surface area contributed by atoms with Crippen LogP contribution in [-0.4, -0.2) is 10.2 Å². The number of anilines is 1. The number of nitrogens with one attached hydrogen (secondary N) is 1. The lowest BCUT2D eigenvalue weighted by Gasteiger charge is -2.04. The first-order chi connectivity index (χ1) is 7.34. The molecule has 15 heavy (non-hydrogen) atoms. The molecule has 1 heterocycles. The third-order valence-corrected chi connectivity index (χ3v) is 2.14. The molecule has 0 fully saturated rings. The van der Waals surface area contributed by atoms with E-state index in [9.17, 15) is 0 Å². The average molecular weight is 220 g/mol. The topological polar surface area (TPSA) is 37.8 Å². The van der Waals surface area contributed by atoms with Gasteiger partial charge in [0.25, 0.3) is 0 Å². The van der Waals surface area contributed by atoms with E-state index in [1.165, 1.54) is 11.8 Å². The normalized spacial score (nSPS) is 9.93. The highest BCUT2D eigenvalue weighted by molar-refractivity contribution is 6.30. The van der Waals surface area contributed by atoms with Crippen molar-refractivity contribution in [3.05, 3.63) is 53.2 Å². The summed E-state index contributed by atoms with van der Waals surface area (Å²) in [6, 6.07) is 11.8.